The van der Waals surface area contributed by atoms with E-state index < -0.39 is 5.97 Å². The van der Waals surface area contributed by atoms with E-state index in [2.05, 4.69) is 50.0 Å². The second kappa shape index (κ2) is 28.4. The minimum atomic E-state index is -0.665. The Morgan fingerprint density at radius 2 is 1.38 bits per heavy atom. The number of hydrogen-bond acceptors (Lipinski definition) is 9. The molecule has 4 N–H and O–H groups in total. The molecule has 0 aromatic carbocycles. The molecule has 3 aliphatic rings. The van der Waals surface area contributed by atoms with Gasteiger partial charge >= 0.3 is 35.5 Å². The van der Waals surface area contributed by atoms with Gasteiger partial charge in [0.1, 0.15) is 17.3 Å². The molecule has 10 nitrogen and oxygen atoms in total. The number of carboxylic acids is 1. The summed E-state index contributed by atoms with van der Waals surface area (Å²) in [4.78, 5) is 50.5. The molecule has 0 aliphatic carbocycles. The second-order valence-corrected chi connectivity index (χ2v) is 13.0. The van der Waals surface area contributed by atoms with E-state index in [0.29, 0.717) is 55.1 Å². The van der Waals surface area contributed by atoms with Gasteiger partial charge in [0.25, 0.3) is 0 Å². The fourth-order valence-electron chi connectivity index (χ4n) is 5.31. The first kappa shape index (κ1) is 51.2. The van der Waals surface area contributed by atoms with E-state index in [9.17, 15) is 19.2 Å². The molecular formula is C33H68BN5NaO5. The maximum absolute atomic E-state index is 11.5. The molecule has 45 heavy (non-hydrogen) atoms. The van der Waals surface area contributed by atoms with E-state index >= 15 is 0 Å². The molecule has 0 bridgehead atoms. The van der Waals surface area contributed by atoms with Crippen LogP contribution in [0.2, 0.25) is 0 Å². The molecule has 0 saturated carbocycles. The molecular weight excluding hydrogens is 580 g/mol. The average Bonchev–Trinajstić information content (AvgIpc) is 2.89. The smallest absolute Gasteiger partial charge is 1.00 e. The molecule has 12 heteroatoms. The third kappa shape index (κ3) is 25.1. The number of Topliss-reactive ketones (excluding diaryl/α,β-unsaturated/α-hetero) is 3. The number of nitrogens with zero attached hydrogens (tertiary/aromatic N) is 3. The summed E-state index contributed by atoms with van der Waals surface area (Å²) in [6.45, 7) is 22.9. The molecule has 0 aromatic heterocycles. The zero-order valence-electron chi connectivity index (χ0n) is 32.2. The van der Waals surface area contributed by atoms with Gasteiger partial charge in [0.05, 0.1) is 5.92 Å². The maximum Gasteiger partial charge on any atom is 1.00 e. The van der Waals surface area contributed by atoms with Gasteiger partial charge in [-0.15, -0.1) is 0 Å². The molecule has 0 amide bonds. The van der Waals surface area contributed by atoms with Crippen molar-refractivity contribution in [1.82, 2.24) is 20.0 Å². The van der Waals surface area contributed by atoms with Crippen LogP contribution in [-0.2, 0) is 19.2 Å². The quantitative estimate of drug-likeness (QED) is 0.270. The van der Waals surface area contributed by atoms with Gasteiger partial charge in [-0.3, -0.25) is 19.2 Å². The Morgan fingerprint density at radius 3 is 1.80 bits per heavy atom. The van der Waals surface area contributed by atoms with E-state index in [-0.39, 0.29) is 62.8 Å². The summed E-state index contributed by atoms with van der Waals surface area (Å²) in [5, 5.41) is 12.1. The first-order valence-electron chi connectivity index (χ1n) is 16.3. The number of piperidine rings is 3. The normalized spacial score (nSPS) is 25.2. The maximum atomic E-state index is 11.5. The molecule has 3 fully saturated rings. The molecule has 259 valence electrons. The Bertz CT molecular complexity index is 825. The van der Waals surface area contributed by atoms with Crippen LogP contribution in [-0.4, -0.2) is 130 Å². The van der Waals surface area contributed by atoms with Gasteiger partial charge in [0, 0.05) is 65.4 Å². The summed E-state index contributed by atoms with van der Waals surface area (Å²) in [5.74, 6) is 0.498. The van der Waals surface area contributed by atoms with Gasteiger partial charge in [-0.1, -0.05) is 48.5 Å². The molecule has 3 heterocycles. The van der Waals surface area contributed by atoms with Crippen LogP contribution in [0.15, 0.2) is 0 Å². The van der Waals surface area contributed by atoms with E-state index in [4.69, 9.17) is 10.8 Å². The van der Waals surface area contributed by atoms with Crippen LogP contribution in [0.25, 0.3) is 0 Å². The summed E-state index contributed by atoms with van der Waals surface area (Å²) in [6, 6.07) is 1.17. The number of rotatable bonds is 6. The number of nitrogens with one attached hydrogen (secondary N) is 1. The van der Waals surface area contributed by atoms with Crippen molar-refractivity contribution < 1.29 is 55.3 Å². The standard InChI is InChI=1S/C11H22N2O.C9H17NO2.C8H13NO2.C3H9N.C2H6.B.Na.H/c1-8(2)12-11-5-6-13(4)7-10(11)9(3)14;1-7-3-4-10(2)6-8(7)5-9(11)12;1-6(10)7-5-9(2)4-3-8(7)11;1-3(2)4;1-2;;;/h8,10-12H,5-7H2,1-4H3;7-8H,3-6H2,1-2H3,(H,11,12);7H,3-5H2,1-2H3;3H,4H2,1-2H3;1-2H3;;;/q;;;;;;+1;-1/t10-,11-;7-,8+;;;;;;/m00....../s1. The molecule has 3 saturated heterocycles. The Balaban J connectivity index is -0.000000164. The van der Waals surface area contributed by atoms with E-state index in [1.165, 1.54) is 6.92 Å². The zero-order chi connectivity index (χ0) is 33.9. The number of aliphatic carboxylic acids is 1. The number of hydrogen-bond donors (Lipinski definition) is 3. The molecule has 1 unspecified atom stereocenters. The number of ketones is 3. The van der Waals surface area contributed by atoms with Crippen LogP contribution in [0.5, 0.6) is 0 Å². The van der Waals surface area contributed by atoms with Crippen molar-refractivity contribution in [3.8, 4) is 0 Å². The number of likely N-dealkylation sites (tertiary alicyclic amines) is 3. The van der Waals surface area contributed by atoms with Crippen molar-refractivity contribution in [2.45, 2.75) is 106 Å². The minimum Gasteiger partial charge on any atom is -1.00 e. The fourth-order valence-corrected chi connectivity index (χ4v) is 5.31. The van der Waals surface area contributed by atoms with Crippen LogP contribution >= 0.6 is 0 Å². The first-order chi connectivity index (χ1) is 19.9. The van der Waals surface area contributed by atoms with Crippen molar-refractivity contribution in [3.63, 3.8) is 0 Å². The van der Waals surface area contributed by atoms with Crippen molar-refractivity contribution in [2.24, 2.45) is 29.4 Å². The van der Waals surface area contributed by atoms with Gasteiger partial charge in [-0.2, -0.15) is 0 Å². The van der Waals surface area contributed by atoms with E-state index in [0.717, 1.165) is 45.6 Å². The van der Waals surface area contributed by atoms with Gasteiger partial charge in [0.2, 0.25) is 0 Å². The summed E-state index contributed by atoms with van der Waals surface area (Å²) in [5.41, 5.74) is 5.11. The second-order valence-electron chi connectivity index (χ2n) is 13.0. The van der Waals surface area contributed by atoms with E-state index in [1.54, 1.807) is 6.92 Å². The van der Waals surface area contributed by atoms with Crippen LogP contribution in [0.4, 0.5) is 0 Å². The Hall–Kier alpha value is -0.655. The molecule has 0 spiro atoms. The van der Waals surface area contributed by atoms with Gasteiger partial charge in [-0.25, -0.2) is 0 Å². The predicted molar refractivity (Wildman–Crippen MR) is 184 cm³/mol. The first-order valence-corrected chi connectivity index (χ1v) is 16.3. The van der Waals surface area contributed by atoms with Crippen molar-refractivity contribution in [3.05, 3.63) is 0 Å². The molecule has 0 aromatic rings. The summed E-state index contributed by atoms with van der Waals surface area (Å²) < 4.78 is 0. The van der Waals surface area contributed by atoms with Crippen LogP contribution in [0.1, 0.15) is 89.4 Å². The topological polar surface area (TPSA) is 136 Å². The minimum absolute atomic E-state index is 0. The number of carboxylic acid groups (broad SMARTS) is 1. The number of nitrogens with two attached hydrogens (primary N) is 1. The Morgan fingerprint density at radius 1 is 0.911 bits per heavy atom. The summed E-state index contributed by atoms with van der Waals surface area (Å²) >= 11 is 0. The number of carbonyl (C=O) groups excluding carboxylic acids is 3. The largest absolute Gasteiger partial charge is 1.00 e. The predicted octanol–water partition coefficient (Wildman–Crippen LogP) is 0.154. The van der Waals surface area contributed by atoms with Gasteiger partial charge < -0.3 is 32.3 Å². The van der Waals surface area contributed by atoms with Crippen molar-refractivity contribution >= 4 is 31.7 Å². The average molecular weight is 649 g/mol. The van der Waals surface area contributed by atoms with Crippen molar-refractivity contribution in [1.29, 1.82) is 0 Å². The third-order valence-electron chi connectivity index (χ3n) is 7.75. The monoisotopic (exact) mass is 649 g/mol. The molecule has 3 rings (SSSR count). The zero-order valence-corrected chi connectivity index (χ0v) is 33.2. The number of carbonyl (C=O) groups is 4. The Kier molecular flexibility index (Phi) is 32.3. The van der Waals surface area contributed by atoms with Gasteiger partial charge in [-0.05, 0) is 78.8 Å². The Labute approximate surface area is 301 Å². The van der Waals surface area contributed by atoms with Crippen LogP contribution < -0.4 is 40.6 Å². The van der Waals surface area contributed by atoms with Gasteiger partial charge in [0.15, 0.2) is 0 Å². The SMILES string of the molecule is CC.CC(=O)C1CN(C)CCC1=O.CC(=O)[C@@H]1CN(C)CC[C@@H]1NC(C)C.CC(C)N.C[C@H]1CCN(C)C[C@H]1CC(=O)O.[B].[H-].[Na+]. The van der Waals surface area contributed by atoms with Crippen LogP contribution in [0, 0.1) is 23.7 Å². The van der Waals surface area contributed by atoms with E-state index in [1.807, 2.05) is 39.6 Å². The molecule has 3 aliphatic heterocycles. The van der Waals surface area contributed by atoms with Crippen LogP contribution in [0.3, 0.4) is 0 Å². The fraction of sp³-hybridized carbons (Fsp3) is 0.879. The molecule has 5 atom stereocenters. The van der Waals surface area contributed by atoms with Crippen molar-refractivity contribution in [2.75, 3.05) is 60.4 Å². The third-order valence-corrected chi connectivity index (χ3v) is 7.75. The summed E-state index contributed by atoms with van der Waals surface area (Å²) in [7, 11) is 6.07. The molecule has 3 radical (unpaired) electrons. The summed E-state index contributed by atoms with van der Waals surface area (Å²) in [6.07, 6.45) is 3.07.